The van der Waals surface area contributed by atoms with E-state index in [4.69, 9.17) is 8.60 Å². The third-order valence-electron chi connectivity index (χ3n) is 4.30. The van der Waals surface area contributed by atoms with Gasteiger partial charge < -0.3 is 18.8 Å². The van der Waals surface area contributed by atoms with Gasteiger partial charge in [0, 0.05) is 12.1 Å². The van der Waals surface area contributed by atoms with Crippen molar-refractivity contribution in [2.24, 2.45) is 0 Å². The van der Waals surface area contributed by atoms with E-state index in [9.17, 15) is 17.6 Å². The van der Waals surface area contributed by atoms with Crippen molar-refractivity contribution in [3.8, 4) is 5.75 Å². The van der Waals surface area contributed by atoms with E-state index in [2.05, 4.69) is 5.32 Å². The maximum atomic E-state index is 13.0. The standard InChI is InChI=1S/C23H25FN2O5S/c1-23(2,3)25-22(27)26(16-20-5-4-14-30-20)15-17-6-10-19(11-7-17)31-32(28,29)21-12-8-18(24)9-13-21/h4-14H,15-16H2,1-3H3,(H,25,27). The average Bonchev–Trinajstić information content (AvgIpc) is 3.21. The Hall–Kier alpha value is -3.33. The minimum atomic E-state index is -4.09. The molecule has 0 saturated carbocycles. The molecule has 0 aliphatic heterocycles. The number of halogens is 1. The molecule has 0 atom stereocenters. The second-order valence-electron chi connectivity index (χ2n) is 8.25. The molecular formula is C23H25FN2O5S. The van der Waals surface area contributed by atoms with Crippen LogP contribution in [0.15, 0.2) is 76.2 Å². The summed E-state index contributed by atoms with van der Waals surface area (Å²) >= 11 is 0. The van der Waals surface area contributed by atoms with Crippen LogP contribution in [0.3, 0.4) is 0 Å². The summed E-state index contributed by atoms with van der Waals surface area (Å²) < 4.78 is 48.3. The number of nitrogens with one attached hydrogen (secondary N) is 1. The van der Waals surface area contributed by atoms with Gasteiger partial charge >= 0.3 is 16.1 Å². The van der Waals surface area contributed by atoms with Crippen molar-refractivity contribution < 1.29 is 26.2 Å². The minimum absolute atomic E-state index is 0.106. The van der Waals surface area contributed by atoms with Gasteiger partial charge in [-0.15, -0.1) is 0 Å². The van der Waals surface area contributed by atoms with E-state index >= 15 is 0 Å². The molecule has 3 aromatic rings. The van der Waals surface area contributed by atoms with Crippen molar-refractivity contribution in [2.75, 3.05) is 0 Å². The molecule has 9 heteroatoms. The van der Waals surface area contributed by atoms with Crippen LogP contribution in [0.2, 0.25) is 0 Å². The fourth-order valence-corrected chi connectivity index (χ4v) is 3.77. The monoisotopic (exact) mass is 460 g/mol. The summed E-state index contributed by atoms with van der Waals surface area (Å²) in [5.74, 6) is 0.206. The van der Waals surface area contributed by atoms with Crippen molar-refractivity contribution in [3.05, 3.63) is 84.1 Å². The zero-order valence-electron chi connectivity index (χ0n) is 18.0. The Balaban J connectivity index is 1.72. The molecule has 2 amide bonds. The second kappa shape index (κ2) is 9.44. The maximum Gasteiger partial charge on any atom is 0.339 e. The third kappa shape index (κ3) is 6.58. The molecule has 0 spiro atoms. The van der Waals surface area contributed by atoms with Crippen LogP contribution in [0.4, 0.5) is 9.18 Å². The van der Waals surface area contributed by atoms with Gasteiger partial charge in [0.1, 0.15) is 22.2 Å². The van der Waals surface area contributed by atoms with Crippen LogP contribution in [0.5, 0.6) is 5.75 Å². The number of carbonyl (C=O) groups is 1. The van der Waals surface area contributed by atoms with Crippen LogP contribution in [0.1, 0.15) is 32.1 Å². The highest BCUT2D eigenvalue weighted by atomic mass is 32.2. The molecule has 7 nitrogen and oxygen atoms in total. The van der Waals surface area contributed by atoms with Crippen LogP contribution >= 0.6 is 0 Å². The summed E-state index contributed by atoms with van der Waals surface area (Å²) in [6, 6.07) is 14.0. The molecule has 3 rings (SSSR count). The highest BCUT2D eigenvalue weighted by molar-refractivity contribution is 7.87. The zero-order valence-corrected chi connectivity index (χ0v) is 18.9. The highest BCUT2D eigenvalue weighted by Crippen LogP contribution is 2.21. The number of furan rings is 1. The van der Waals surface area contributed by atoms with Crippen molar-refractivity contribution in [3.63, 3.8) is 0 Å². The van der Waals surface area contributed by atoms with E-state index in [0.29, 0.717) is 5.76 Å². The largest absolute Gasteiger partial charge is 0.467 e. The van der Waals surface area contributed by atoms with Crippen LogP contribution in [-0.4, -0.2) is 24.9 Å². The normalized spacial score (nSPS) is 11.8. The first-order valence-corrected chi connectivity index (χ1v) is 11.3. The lowest BCUT2D eigenvalue weighted by molar-refractivity contribution is 0.178. The molecule has 0 unspecified atom stereocenters. The number of hydrogen-bond acceptors (Lipinski definition) is 5. The molecule has 0 aliphatic carbocycles. The van der Waals surface area contributed by atoms with E-state index < -0.39 is 21.5 Å². The van der Waals surface area contributed by atoms with Crippen molar-refractivity contribution in [1.82, 2.24) is 10.2 Å². The summed E-state index contributed by atoms with van der Waals surface area (Å²) in [5.41, 5.74) is 0.359. The fraction of sp³-hybridized carbons (Fsp3) is 0.261. The van der Waals surface area contributed by atoms with Gasteiger partial charge in [0.05, 0.1) is 12.8 Å². The smallest absolute Gasteiger partial charge is 0.339 e. The van der Waals surface area contributed by atoms with Gasteiger partial charge in [0.15, 0.2) is 0 Å². The number of rotatable bonds is 7. The Morgan fingerprint density at radius 3 is 2.25 bits per heavy atom. The fourth-order valence-electron chi connectivity index (χ4n) is 2.84. The molecule has 1 N–H and O–H groups in total. The van der Waals surface area contributed by atoms with Gasteiger partial charge in [-0.05, 0) is 74.9 Å². The zero-order chi connectivity index (χ0) is 23.4. The lowest BCUT2D eigenvalue weighted by Gasteiger charge is -2.28. The van der Waals surface area contributed by atoms with Gasteiger partial charge in [0.2, 0.25) is 0 Å². The van der Waals surface area contributed by atoms with Crippen molar-refractivity contribution in [1.29, 1.82) is 0 Å². The number of hydrogen-bond donors (Lipinski definition) is 1. The predicted octanol–water partition coefficient (Wildman–Crippen LogP) is 4.70. The number of benzene rings is 2. The van der Waals surface area contributed by atoms with E-state index in [1.807, 2.05) is 20.8 Å². The number of amides is 2. The quantitative estimate of drug-likeness (QED) is 0.517. The van der Waals surface area contributed by atoms with Crippen molar-refractivity contribution in [2.45, 2.75) is 44.3 Å². The lowest BCUT2D eigenvalue weighted by Crippen LogP contribution is -2.47. The molecule has 2 aromatic carbocycles. The first kappa shape index (κ1) is 23.3. The summed E-state index contributed by atoms with van der Waals surface area (Å²) in [6.45, 7) is 6.22. The summed E-state index contributed by atoms with van der Waals surface area (Å²) in [5, 5.41) is 2.93. The molecule has 1 heterocycles. The number of nitrogens with zero attached hydrogens (tertiary/aromatic N) is 1. The SMILES string of the molecule is CC(C)(C)NC(=O)N(Cc1ccc(OS(=O)(=O)c2ccc(F)cc2)cc1)Cc1ccco1. The Morgan fingerprint density at radius 2 is 1.69 bits per heavy atom. The van der Waals surface area contributed by atoms with E-state index in [1.54, 1.807) is 35.4 Å². The van der Waals surface area contributed by atoms with Crippen LogP contribution in [0, 0.1) is 5.82 Å². The van der Waals surface area contributed by atoms with Crippen LogP contribution in [0.25, 0.3) is 0 Å². The Bertz CT molecular complexity index is 1140. The maximum absolute atomic E-state index is 13.0. The Kier molecular flexibility index (Phi) is 6.88. The molecule has 170 valence electrons. The van der Waals surface area contributed by atoms with Gasteiger partial charge in [0.25, 0.3) is 0 Å². The van der Waals surface area contributed by atoms with Gasteiger partial charge in [-0.25, -0.2) is 9.18 Å². The molecule has 0 bridgehead atoms. The Morgan fingerprint density at radius 1 is 1.03 bits per heavy atom. The minimum Gasteiger partial charge on any atom is -0.467 e. The average molecular weight is 461 g/mol. The predicted molar refractivity (Wildman–Crippen MR) is 117 cm³/mol. The van der Waals surface area contributed by atoms with Gasteiger partial charge in [-0.2, -0.15) is 8.42 Å². The van der Waals surface area contributed by atoms with Gasteiger partial charge in [-0.3, -0.25) is 0 Å². The van der Waals surface area contributed by atoms with Crippen molar-refractivity contribution >= 4 is 16.1 Å². The summed E-state index contributed by atoms with van der Waals surface area (Å²) in [6.07, 6.45) is 1.54. The molecule has 0 fully saturated rings. The van der Waals surface area contributed by atoms with Crippen LogP contribution < -0.4 is 9.50 Å². The molecule has 1 aromatic heterocycles. The molecular weight excluding hydrogens is 435 g/mol. The topological polar surface area (TPSA) is 88.9 Å². The van der Waals surface area contributed by atoms with E-state index in [-0.39, 0.29) is 29.8 Å². The van der Waals surface area contributed by atoms with E-state index in [0.717, 1.165) is 29.8 Å². The lowest BCUT2D eigenvalue weighted by atomic mass is 10.1. The van der Waals surface area contributed by atoms with Crippen LogP contribution in [-0.2, 0) is 23.2 Å². The van der Waals surface area contributed by atoms with Gasteiger partial charge in [-0.1, -0.05) is 12.1 Å². The first-order valence-electron chi connectivity index (χ1n) is 9.90. The first-order chi connectivity index (χ1) is 15.0. The molecule has 0 saturated heterocycles. The van der Waals surface area contributed by atoms with E-state index in [1.165, 1.54) is 12.1 Å². The summed E-state index contributed by atoms with van der Waals surface area (Å²) in [4.78, 5) is 14.2. The highest BCUT2D eigenvalue weighted by Gasteiger charge is 2.21. The number of urea groups is 1. The summed E-state index contributed by atoms with van der Waals surface area (Å²) in [7, 11) is -4.09. The Labute approximate surface area is 186 Å². The molecule has 0 radical (unpaired) electrons. The third-order valence-corrected chi connectivity index (χ3v) is 5.56. The number of carbonyl (C=O) groups excluding carboxylic acids is 1. The molecule has 0 aliphatic rings. The molecule has 32 heavy (non-hydrogen) atoms. The second-order valence-corrected chi connectivity index (χ2v) is 9.80.